The van der Waals surface area contributed by atoms with Gasteiger partial charge in [-0.05, 0) is 47.1 Å². The van der Waals surface area contributed by atoms with Gasteiger partial charge in [0.2, 0.25) is 0 Å². The number of rotatable bonds is 3. The Morgan fingerprint density at radius 3 is 2.25 bits per heavy atom. The van der Waals surface area contributed by atoms with Gasteiger partial charge in [0.25, 0.3) is 0 Å². The monoisotopic (exact) mass is 325 g/mol. The number of benzene rings is 2. The lowest BCUT2D eigenvalue weighted by molar-refractivity contribution is -0.0595. The Bertz CT molecular complexity index is 719. The first kappa shape index (κ1) is 16.8. The van der Waals surface area contributed by atoms with E-state index in [1.807, 2.05) is 30.3 Å². The number of hydrazine groups is 2. The van der Waals surface area contributed by atoms with Gasteiger partial charge < -0.3 is 0 Å². The van der Waals surface area contributed by atoms with Gasteiger partial charge in [-0.15, -0.1) is 0 Å². The molecule has 0 saturated carbocycles. The zero-order valence-corrected chi connectivity index (χ0v) is 15.2. The van der Waals surface area contributed by atoms with Crippen molar-refractivity contribution in [2.45, 2.75) is 46.5 Å². The summed E-state index contributed by atoms with van der Waals surface area (Å²) >= 11 is 0. The van der Waals surface area contributed by atoms with E-state index in [2.05, 4.69) is 58.2 Å². The minimum atomic E-state index is 0.0649. The lowest BCUT2D eigenvalue weighted by Crippen LogP contribution is -2.34. The first-order valence-corrected chi connectivity index (χ1v) is 8.43. The van der Waals surface area contributed by atoms with Crippen LogP contribution in [0.4, 0.5) is 17.1 Å². The lowest BCUT2D eigenvalue weighted by Gasteiger charge is -2.33. The molecule has 0 aliphatic carbocycles. The molecule has 2 aromatic rings. The number of anilines is 3. The van der Waals surface area contributed by atoms with E-state index >= 15 is 0 Å². The minimum Gasteiger partial charge on any atom is -0.276 e. The van der Waals surface area contributed by atoms with E-state index in [0.29, 0.717) is 0 Å². The van der Waals surface area contributed by atoms with Gasteiger partial charge in [-0.25, -0.2) is 5.01 Å². The van der Waals surface area contributed by atoms with Crippen molar-refractivity contribution >= 4 is 17.1 Å². The van der Waals surface area contributed by atoms with Gasteiger partial charge in [-0.3, -0.25) is 10.6 Å². The standard InChI is InChI=1S/C20H27N3O/c1-19(2,3)14-20(4,5)15-11-12-18-17(13-15)21-23(24)22(18)16-9-7-6-8-10-16/h6-13,21,24H,14H2,1-5H3. The van der Waals surface area contributed by atoms with Crippen LogP contribution in [0.3, 0.4) is 0 Å². The Kier molecular flexibility index (Phi) is 4.06. The van der Waals surface area contributed by atoms with Crippen LogP contribution in [-0.4, -0.2) is 10.5 Å². The van der Waals surface area contributed by atoms with E-state index in [9.17, 15) is 5.21 Å². The van der Waals surface area contributed by atoms with Crippen molar-refractivity contribution in [1.29, 1.82) is 0 Å². The molecule has 2 N–H and O–H groups in total. The first-order valence-electron chi connectivity index (χ1n) is 8.43. The van der Waals surface area contributed by atoms with Crippen LogP contribution in [0.25, 0.3) is 0 Å². The molecule has 1 aliphatic heterocycles. The molecule has 24 heavy (non-hydrogen) atoms. The predicted octanol–water partition coefficient (Wildman–Crippen LogP) is 5.49. The second kappa shape index (κ2) is 5.80. The molecule has 0 bridgehead atoms. The first-order chi connectivity index (χ1) is 11.2. The molecule has 1 aliphatic rings. The third-order valence-electron chi connectivity index (χ3n) is 4.39. The molecule has 1 heterocycles. The van der Waals surface area contributed by atoms with Crippen LogP contribution < -0.4 is 10.4 Å². The van der Waals surface area contributed by atoms with Crippen LogP contribution in [0, 0.1) is 5.41 Å². The fourth-order valence-corrected chi connectivity index (χ4v) is 3.74. The fraction of sp³-hybridized carbons (Fsp3) is 0.400. The molecule has 0 unspecified atom stereocenters. The highest BCUT2D eigenvalue weighted by atomic mass is 16.6. The Morgan fingerprint density at radius 1 is 0.958 bits per heavy atom. The zero-order valence-electron chi connectivity index (χ0n) is 15.2. The van der Waals surface area contributed by atoms with Crippen LogP contribution in [0.15, 0.2) is 48.5 Å². The molecule has 0 atom stereocenters. The van der Waals surface area contributed by atoms with Crippen molar-refractivity contribution < 1.29 is 5.21 Å². The third-order valence-corrected chi connectivity index (χ3v) is 4.39. The summed E-state index contributed by atoms with van der Waals surface area (Å²) in [6, 6.07) is 16.2. The Balaban J connectivity index is 1.95. The quantitative estimate of drug-likeness (QED) is 0.783. The molecule has 3 rings (SSSR count). The molecule has 128 valence electrons. The van der Waals surface area contributed by atoms with Crippen molar-refractivity contribution in [1.82, 2.24) is 5.28 Å². The number of hydrogen-bond donors (Lipinski definition) is 2. The second-order valence-corrected chi connectivity index (χ2v) is 8.40. The molecule has 4 heteroatoms. The highest BCUT2D eigenvalue weighted by molar-refractivity contribution is 5.79. The Labute approximate surface area is 144 Å². The van der Waals surface area contributed by atoms with Crippen LogP contribution in [0.5, 0.6) is 0 Å². The van der Waals surface area contributed by atoms with Crippen molar-refractivity contribution in [2.24, 2.45) is 5.41 Å². The van der Waals surface area contributed by atoms with E-state index in [4.69, 9.17) is 0 Å². The summed E-state index contributed by atoms with van der Waals surface area (Å²) < 4.78 is 0. The molecular formula is C20H27N3O. The van der Waals surface area contributed by atoms with Gasteiger partial charge in [-0.2, -0.15) is 0 Å². The predicted molar refractivity (Wildman–Crippen MR) is 99.4 cm³/mol. The summed E-state index contributed by atoms with van der Waals surface area (Å²) in [5, 5.41) is 13.1. The maximum atomic E-state index is 10.3. The summed E-state index contributed by atoms with van der Waals surface area (Å²) in [4.78, 5) is 0. The molecule has 0 fully saturated rings. The average molecular weight is 325 g/mol. The summed E-state index contributed by atoms with van der Waals surface area (Å²) in [5.74, 6) is 0. The topological polar surface area (TPSA) is 38.7 Å². The highest BCUT2D eigenvalue weighted by Gasteiger charge is 2.31. The van der Waals surface area contributed by atoms with Crippen LogP contribution in [0.1, 0.15) is 46.6 Å². The normalized spacial score (nSPS) is 15.3. The van der Waals surface area contributed by atoms with E-state index < -0.39 is 0 Å². The number of nitrogens with one attached hydrogen (secondary N) is 1. The van der Waals surface area contributed by atoms with Gasteiger partial charge in [-0.1, -0.05) is 58.9 Å². The summed E-state index contributed by atoms with van der Waals surface area (Å²) in [6.07, 6.45) is 1.09. The van der Waals surface area contributed by atoms with E-state index in [1.165, 1.54) is 5.56 Å². The zero-order chi connectivity index (χ0) is 17.5. The van der Waals surface area contributed by atoms with Crippen molar-refractivity contribution in [3.05, 3.63) is 54.1 Å². The van der Waals surface area contributed by atoms with Crippen LogP contribution in [-0.2, 0) is 5.41 Å². The lowest BCUT2D eigenvalue weighted by atomic mass is 9.72. The number of nitrogens with zero attached hydrogens (tertiary/aromatic N) is 2. The van der Waals surface area contributed by atoms with Crippen molar-refractivity contribution in [3.63, 3.8) is 0 Å². The second-order valence-electron chi connectivity index (χ2n) is 8.40. The minimum absolute atomic E-state index is 0.0649. The molecule has 0 aromatic heterocycles. The molecule has 0 spiro atoms. The summed E-state index contributed by atoms with van der Waals surface area (Å²) in [5.41, 5.74) is 7.40. The van der Waals surface area contributed by atoms with Crippen LogP contribution in [0.2, 0.25) is 0 Å². The highest BCUT2D eigenvalue weighted by Crippen LogP contribution is 2.43. The third kappa shape index (κ3) is 3.25. The molecule has 0 saturated heterocycles. The van der Waals surface area contributed by atoms with Gasteiger partial charge in [0.05, 0.1) is 17.1 Å². The average Bonchev–Trinajstić information content (AvgIpc) is 2.80. The summed E-state index contributed by atoms with van der Waals surface area (Å²) in [7, 11) is 0. The SMILES string of the molecule is CC(C)(C)CC(C)(C)c1ccc2c(c1)NN(O)N2c1ccccc1. The van der Waals surface area contributed by atoms with E-state index in [0.717, 1.165) is 28.8 Å². The van der Waals surface area contributed by atoms with E-state index in [1.54, 1.807) is 5.01 Å². The molecule has 0 radical (unpaired) electrons. The fourth-order valence-electron chi connectivity index (χ4n) is 3.74. The van der Waals surface area contributed by atoms with Gasteiger partial charge in [0.1, 0.15) is 0 Å². The number of para-hydroxylation sites is 1. The maximum Gasteiger partial charge on any atom is 0.0868 e. The van der Waals surface area contributed by atoms with Gasteiger partial charge in [0.15, 0.2) is 0 Å². The molecular weight excluding hydrogens is 298 g/mol. The Hall–Kier alpha value is -2.04. The van der Waals surface area contributed by atoms with E-state index in [-0.39, 0.29) is 10.8 Å². The maximum absolute atomic E-state index is 10.3. The molecule has 0 amide bonds. The Morgan fingerprint density at radius 2 is 1.62 bits per heavy atom. The largest absolute Gasteiger partial charge is 0.276 e. The van der Waals surface area contributed by atoms with Gasteiger partial charge >= 0.3 is 0 Å². The van der Waals surface area contributed by atoms with Crippen LogP contribution >= 0.6 is 0 Å². The number of fused-ring (bicyclic) bond motifs is 1. The molecule has 4 nitrogen and oxygen atoms in total. The van der Waals surface area contributed by atoms with Crippen molar-refractivity contribution in [3.8, 4) is 0 Å². The molecule has 2 aromatic carbocycles. The van der Waals surface area contributed by atoms with Gasteiger partial charge in [0, 0.05) is 5.28 Å². The summed E-state index contributed by atoms with van der Waals surface area (Å²) in [6.45, 7) is 11.4. The smallest absolute Gasteiger partial charge is 0.0868 e. The number of hydrogen-bond acceptors (Lipinski definition) is 4. The van der Waals surface area contributed by atoms with Crippen molar-refractivity contribution in [2.75, 3.05) is 10.4 Å².